The van der Waals surface area contributed by atoms with Gasteiger partial charge in [0.15, 0.2) is 0 Å². The molecule has 2 aromatic carbocycles. The van der Waals surface area contributed by atoms with Crippen molar-refractivity contribution >= 4 is 11.3 Å². The number of hydrogen-bond acceptors (Lipinski definition) is 2. The number of benzene rings is 2. The van der Waals surface area contributed by atoms with Gasteiger partial charge < -0.3 is 9.64 Å². The van der Waals surface area contributed by atoms with E-state index < -0.39 is 0 Å². The second kappa shape index (κ2) is 5.52. The third-order valence-electron chi connectivity index (χ3n) is 5.85. The van der Waals surface area contributed by atoms with Gasteiger partial charge in [-0.15, -0.1) is 0 Å². The van der Waals surface area contributed by atoms with Crippen molar-refractivity contribution in [3.8, 4) is 0 Å². The lowest BCUT2D eigenvalue weighted by atomic mass is 9.70. The number of nitrogens with zero attached hydrogens (tertiary/aromatic N) is 1. The first-order valence-electron chi connectivity index (χ1n) is 8.99. The van der Waals surface area contributed by atoms with Gasteiger partial charge in [-0.1, -0.05) is 62.4 Å². The molecule has 128 valence electrons. The zero-order valence-corrected chi connectivity index (χ0v) is 15.4. The van der Waals surface area contributed by atoms with Crippen LogP contribution in [0.25, 0.3) is 5.57 Å². The van der Waals surface area contributed by atoms with Crippen molar-refractivity contribution in [3.05, 3.63) is 83.6 Å². The molecule has 1 atom stereocenters. The number of allylic oxidation sites excluding steroid dienone is 2. The molecule has 2 aromatic rings. The molecular formula is C23H25NO. The standard InChI is InChI=1S/C23H25NO/c1-5-25-21-15-18(17-11-7-6-8-12-17)16-23(21)22(2,3)19-13-9-10-14-20(19)24(23)4/h6-16H,5H2,1-4H3. The van der Waals surface area contributed by atoms with Crippen LogP contribution in [0.2, 0.25) is 0 Å². The van der Waals surface area contributed by atoms with E-state index in [1.807, 2.05) is 0 Å². The van der Waals surface area contributed by atoms with Gasteiger partial charge in [-0.05, 0) is 41.8 Å². The summed E-state index contributed by atoms with van der Waals surface area (Å²) in [6, 6.07) is 19.3. The number of ether oxygens (including phenoxy) is 1. The highest BCUT2D eigenvalue weighted by molar-refractivity contribution is 5.85. The van der Waals surface area contributed by atoms with Gasteiger partial charge in [0.05, 0.1) is 6.61 Å². The minimum Gasteiger partial charge on any atom is -0.495 e. The summed E-state index contributed by atoms with van der Waals surface area (Å²) in [5.41, 5.74) is 4.74. The lowest BCUT2D eigenvalue weighted by Crippen LogP contribution is -2.53. The number of anilines is 1. The molecule has 25 heavy (non-hydrogen) atoms. The summed E-state index contributed by atoms with van der Waals surface area (Å²) in [6.07, 6.45) is 4.62. The Bertz CT molecular complexity index is 863. The highest BCUT2D eigenvalue weighted by atomic mass is 16.5. The first-order valence-corrected chi connectivity index (χ1v) is 8.99. The van der Waals surface area contributed by atoms with Crippen molar-refractivity contribution in [1.29, 1.82) is 0 Å². The highest BCUT2D eigenvalue weighted by Gasteiger charge is 2.59. The van der Waals surface area contributed by atoms with E-state index >= 15 is 0 Å². The lowest BCUT2D eigenvalue weighted by molar-refractivity contribution is 0.167. The maximum Gasteiger partial charge on any atom is 0.127 e. The van der Waals surface area contributed by atoms with Gasteiger partial charge in [-0.3, -0.25) is 0 Å². The third-order valence-corrected chi connectivity index (χ3v) is 5.85. The fraction of sp³-hybridized carbons (Fsp3) is 0.304. The Kier molecular flexibility index (Phi) is 3.54. The zero-order valence-electron chi connectivity index (χ0n) is 15.4. The molecule has 0 aromatic heterocycles. The second-order valence-electron chi connectivity index (χ2n) is 7.37. The van der Waals surface area contributed by atoms with Gasteiger partial charge in [0, 0.05) is 18.2 Å². The number of likely N-dealkylation sites (N-methyl/N-ethyl adjacent to an activating group) is 1. The smallest absolute Gasteiger partial charge is 0.127 e. The first kappa shape index (κ1) is 16.0. The Labute approximate surface area is 150 Å². The topological polar surface area (TPSA) is 12.5 Å². The summed E-state index contributed by atoms with van der Waals surface area (Å²) in [5, 5.41) is 0. The molecule has 0 N–H and O–H groups in total. The number of para-hydroxylation sites is 1. The molecule has 2 nitrogen and oxygen atoms in total. The van der Waals surface area contributed by atoms with Crippen LogP contribution in [-0.4, -0.2) is 19.2 Å². The van der Waals surface area contributed by atoms with Gasteiger partial charge in [-0.2, -0.15) is 0 Å². The molecule has 0 amide bonds. The molecule has 1 unspecified atom stereocenters. The average molecular weight is 331 g/mol. The van der Waals surface area contributed by atoms with E-state index in [9.17, 15) is 0 Å². The zero-order chi connectivity index (χ0) is 17.7. The molecule has 4 rings (SSSR count). The van der Waals surface area contributed by atoms with Crippen LogP contribution < -0.4 is 4.90 Å². The predicted octanol–water partition coefficient (Wildman–Crippen LogP) is 5.17. The van der Waals surface area contributed by atoms with Gasteiger partial charge in [0.2, 0.25) is 0 Å². The maximum atomic E-state index is 6.20. The van der Waals surface area contributed by atoms with Crippen molar-refractivity contribution in [2.75, 3.05) is 18.6 Å². The minimum atomic E-state index is -0.294. The quantitative estimate of drug-likeness (QED) is 0.769. The van der Waals surface area contributed by atoms with Gasteiger partial charge in [0.25, 0.3) is 0 Å². The second-order valence-corrected chi connectivity index (χ2v) is 7.37. The Hall–Kier alpha value is -2.48. The van der Waals surface area contributed by atoms with Crippen molar-refractivity contribution in [2.45, 2.75) is 31.7 Å². The molecule has 1 spiro atoms. The van der Waals surface area contributed by atoms with Gasteiger partial charge in [-0.25, -0.2) is 0 Å². The molecule has 0 saturated heterocycles. The summed E-state index contributed by atoms with van der Waals surface area (Å²) in [4.78, 5) is 2.39. The molecule has 0 fully saturated rings. The molecule has 2 heteroatoms. The van der Waals surface area contributed by atoms with E-state index in [4.69, 9.17) is 4.74 Å². The summed E-state index contributed by atoms with van der Waals surface area (Å²) in [5.74, 6) is 1.04. The summed E-state index contributed by atoms with van der Waals surface area (Å²) in [7, 11) is 2.19. The fourth-order valence-electron chi connectivity index (χ4n) is 4.55. The van der Waals surface area contributed by atoms with E-state index in [1.54, 1.807) is 0 Å². The first-order chi connectivity index (χ1) is 12.0. The average Bonchev–Trinajstić information content (AvgIpc) is 3.09. The molecule has 1 aliphatic carbocycles. The normalized spacial score (nSPS) is 23.4. The number of hydrogen-bond donors (Lipinski definition) is 0. The van der Waals surface area contributed by atoms with Crippen LogP contribution in [0.15, 0.2) is 72.5 Å². The van der Waals surface area contributed by atoms with E-state index in [-0.39, 0.29) is 11.0 Å². The van der Waals surface area contributed by atoms with E-state index in [2.05, 4.69) is 99.5 Å². The van der Waals surface area contributed by atoms with Crippen molar-refractivity contribution in [1.82, 2.24) is 0 Å². The summed E-state index contributed by atoms with van der Waals surface area (Å²) in [6.45, 7) is 7.38. The maximum absolute atomic E-state index is 6.20. The minimum absolute atomic E-state index is 0.0874. The Morgan fingerprint density at radius 2 is 1.64 bits per heavy atom. The molecule has 2 aliphatic rings. The molecule has 0 radical (unpaired) electrons. The van der Waals surface area contributed by atoms with E-state index in [1.165, 1.54) is 22.4 Å². The molecule has 1 heterocycles. The molecule has 0 bridgehead atoms. The highest BCUT2D eigenvalue weighted by Crippen LogP contribution is 2.58. The number of fused-ring (bicyclic) bond motifs is 1. The Morgan fingerprint density at radius 1 is 0.960 bits per heavy atom. The van der Waals surface area contributed by atoms with E-state index in [0.29, 0.717) is 6.61 Å². The van der Waals surface area contributed by atoms with Gasteiger partial charge >= 0.3 is 0 Å². The SMILES string of the molecule is CCOC1=CC(c2ccccc2)=CC12N(C)c1ccccc1C2(C)C. The van der Waals surface area contributed by atoms with Crippen LogP contribution in [0.1, 0.15) is 31.9 Å². The third kappa shape index (κ3) is 2.03. The lowest BCUT2D eigenvalue weighted by Gasteiger charge is -2.43. The number of rotatable bonds is 3. The van der Waals surface area contributed by atoms with Crippen LogP contribution in [-0.2, 0) is 10.2 Å². The largest absolute Gasteiger partial charge is 0.495 e. The summed E-state index contributed by atoms with van der Waals surface area (Å²) >= 11 is 0. The van der Waals surface area contributed by atoms with Crippen LogP contribution in [0.3, 0.4) is 0 Å². The van der Waals surface area contributed by atoms with Crippen molar-refractivity contribution in [3.63, 3.8) is 0 Å². The van der Waals surface area contributed by atoms with Crippen LogP contribution in [0.4, 0.5) is 5.69 Å². The molecular weight excluding hydrogens is 306 g/mol. The van der Waals surface area contributed by atoms with Crippen LogP contribution in [0, 0.1) is 0 Å². The monoisotopic (exact) mass is 331 g/mol. The fourth-order valence-corrected chi connectivity index (χ4v) is 4.55. The van der Waals surface area contributed by atoms with Crippen LogP contribution >= 0.6 is 0 Å². The van der Waals surface area contributed by atoms with Crippen LogP contribution in [0.5, 0.6) is 0 Å². The van der Waals surface area contributed by atoms with Crippen molar-refractivity contribution in [2.24, 2.45) is 0 Å². The molecule has 0 saturated carbocycles. The van der Waals surface area contributed by atoms with Crippen molar-refractivity contribution < 1.29 is 4.74 Å². The van der Waals surface area contributed by atoms with E-state index in [0.717, 1.165) is 5.76 Å². The Balaban J connectivity index is 1.93. The molecule has 1 aliphatic heterocycles. The van der Waals surface area contributed by atoms with Gasteiger partial charge in [0.1, 0.15) is 11.3 Å². The predicted molar refractivity (Wildman–Crippen MR) is 105 cm³/mol. The Morgan fingerprint density at radius 3 is 2.32 bits per heavy atom. The summed E-state index contributed by atoms with van der Waals surface area (Å²) < 4.78 is 6.20.